The summed E-state index contributed by atoms with van der Waals surface area (Å²) in [5, 5.41) is 1.91. The standard InChI is InChI=1S/C16H17N5OS/c22-16-15-12(4-10-23-15)18-13(19-16)11-20-6-8-21(9-7-20)14-3-1-2-5-17-14/h1-5,10H,6-9,11H2,(H,18,19,22). The van der Waals surface area contributed by atoms with Crippen molar-refractivity contribution in [2.24, 2.45) is 0 Å². The Balaban J connectivity index is 1.43. The predicted octanol–water partition coefficient (Wildman–Crippen LogP) is 1.70. The summed E-state index contributed by atoms with van der Waals surface area (Å²) in [5.41, 5.74) is 0.757. The molecule has 1 N–H and O–H groups in total. The summed E-state index contributed by atoms with van der Waals surface area (Å²) in [5.74, 6) is 1.77. The topological polar surface area (TPSA) is 65.1 Å². The summed E-state index contributed by atoms with van der Waals surface area (Å²) in [4.78, 5) is 28.5. The monoisotopic (exact) mass is 327 g/mol. The van der Waals surface area contributed by atoms with Gasteiger partial charge in [0.15, 0.2) is 0 Å². The van der Waals surface area contributed by atoms with Crippen LogP contribution in [0.5, 0.6) is 0 Å². The number of pyridine rings is 1. The SMILES string of the molecule is O=c1[nH]c(CN2CCN(c3ccccn3)CC2)nc2ccsc12. The molecule has 0 radical (unpaired) electrons. The Morgan fingerprint density at radius 3 is 2.83 bits per heavy atom. The summed E-state index contributed by atoms with van der Waals surface area (Å²) in [7, 11) is 0. The number of nitrogens with one attached hydrogen (secondary N) is 1. The average molecular weight is 327 g/mol. The number of H-pyrrole nitrogens is 1. The van der Waals surface area contributed by atoms with Crippen molar-refractivity contribution < 1.29 is 0 Å². The molecule has 0 saturated carbocycles. The normalized spacial score (nSPS) is 16.1. The average Bonchev–Trinajstić information content (AvgIpc) is 3.05. The molecule has 3 aromatic rings. The Kier molecular flexibility index (Phi) is 3.80. The van der Waals surface area contributed by atoms with Crippen molar-refractivity contribution >= 4 is 27.4 Å². The smallest absolute Gasteiger partial charge is 0.268 e. The molecule has 0 bridgehead atoms. The number of hydrogen-bond donors (Lipinski definition) is 1. The third kappa shape index (κ3) is 2.97. The van der Waals surface area contributed by atoms with Gasteiger partial charge < -0.3 is 9.88 Å². The molecule has 4 rings (SSSR count). The molecule has 4 heterocycles. The molecular weight excluding hydrogens is 310 g/mol. The molecule has 0 amide bonds. The van der Waals surface area contributed by atoms with Crippen LogP contribution in [0, 0.1) is 0 Å². The van der Waals surface area contributed by atoms with Crippen LogP contribution in [-0.2, 0) is 6.54 Å². The lowest BCUT2D eigenvalue weighted by atomic mass is 10.3. The van der Waals surface area contributed by atoms with Crippen LogP contribution in [0.25, 0.3) is 10.2 Å². The van der Waals surface area contributed by atoms with E-state index in [0.29, 0.717) is 11.2 Å². The lowest BCUT2D eigenvalue weighted by Crippen LogP contribution is -2.46. The minimum Gasteiger partial charge on any atom is -0.354 e. The maximum atomic E-state index is 12.0. The highest BCUT2D eigenvalue weighted by molar-refractivity contribution is 7.17. The summed E-state index contributed by atoms with van der Waals surface area (Å²) in [6, 6.07) is 7.89. The van der Waals surface area contributed by atoms with E-state index in [2.05, 4.69) is 24.8 Å². The largest absolute Gasteiger partial charge is 0.354 e. The Morgan fingerprint density at radius 1 is 1.17 bits per heavy atom. The highest BCUT2D eigenvalue weighted by Gasteiger charge is 2.19. The number of nitrogens with zero attached hydrogens (tertiary/aromatic N) is 4. The van der Waals surface area contributed by atoms with Gasteiger partial charge in [-0.3, -0.25) is 9.69 Å². The maximum Gasteiger partial charge on any atom is 0.268 e. The van der Waals surface area contributed by atoms with Gasteiger partial charge in [0.25, 0.3) is 5.56 Å². The number of hydrogen-bond acceptors (Lipinski definition) is 6. The van der Waals surface area contributed by atoms with Crippen LogP contribution in [0.2, 0.25) is 0 Å². The van der Waals surface area contributed by atoms with Crippen LogP contribution in [-0.4, -0.2) is 46.0 Å². The molecule has 118 valence electrons. The van der Waals surface area contributed by atoms with E-state index in [1.165, 1.54) is 11.3 Å². The van der Waals surface area contributed by atoms with Crippen molar-refractivity contribution in [2.75, 3.05) is 31.1 Å². The van der Waals surface area contributed by atoms with Crippen molar-refractivity contribution in [3.8, 4) is 0 Å². The fourth-order valence-electron chi connectivity index (χ4n) is 2.88. The fourth-order valence-corrected chi connectivity index (χ4v) is 3.61. The van der Waals surface area contributed by atoms with Gasteiger partial charge in [-0.05, 0) is 23.6 Å². The van der Waals surface area contributed by atoms with Gasteiger partial charge in [0.1, 0.15) is 16.3 Å². The van der Waals surface area contributed by atoms with Crippen LogP contribution in [0.3, 0.4) is 0 Å². The van der Waals surface area contributed by atoms with Gasteiger partial charge in [-0.1, -0.05) is 6.07 Å². The molecule has 23 heavy (non-hydrogen) atoms. The number of aromatic amines is 1. The van der Waals surface area contributed by atoms with Crippen LogP contribution in [0.15, 0.2) is 40.6 Å². The molecule has 7 heteroatoms. The van der Waals surface area contributed by atoms with E-state index >= 15 is 0 Å². The van der Waals surface area contributed by atoms with Gasteiger partial charge in [-0.25, -0.2) is 9.97 Å². The van der Waals surface area contributed by atoms with Gasteiger partial charge in [0.2, 0.25) is 0 Å². The van der Waals surface area contributed by atoms with Crippen molar-refractivity contribution in [1.82, 2.24) is 19.9 Å². The molecule has 0 aliphatic carbocycles. The molecule has 0 spiro atoms. The summed E-state index contributed by atoms with van der Waals surface area (Å²) in [6.07, 6.45) is 1.83. The fraction of sp³-hybridized carbons (Fsp3) is 0.312. The Morgan fingerprint density at radius 2 is 2.04 bits per heavy atom. The van der Waals surface area contributed by atoms with E-state index in [4.69, 9.17) is 0 Å². The van der Waals surface area contributed by atoms with Gasteiger partial charge >= 0.3 is 0 Å². The molecule has 3 aromatic heterocycles. The Labute approximate surface area is 137 Å². The van der Waals surface area contributed by atoms with Gasteiger partial charge in [-0.2, -0.15) is 0 Å². The predicted molar refractivity (Wildman–Crippen MR) is 92.0 cm³/mol. The Hall–Kier alpha value is -2.25. The number of thiophene rings is 1. The van der Waals surface area contributed by atoms with E-state index in [1.54, 1.807) is 0 Å². The zero-order valence-electron chi connectivity index (χ0n) is 12.6. The van der Waals surface area contributed by atoms with Crippen LogP contribution >= 0.6 is 11.3 Å². The molecule has 0 unspecified atom stereocenters. The second-order valence-electron chi connectivity index (χ2n) is 5.60. The first-order valence-corrected chi connectivity index (χ1v) is 8.52. The van der Waals surface area contributed by atoms with Crippen molar-refractivity contribution in [3.63, 3.8) is 0 Å². The molecule has 1 aliphatic heterocycles. The molecule has 1 saturated heterocycles. The minimum atomic E-state index is -0.0351. The second kappa shape index (κ2) is 6.10. The third-order valence-electron chi connectivity index (χ3n) is 4.08. The van der Waals surface area contributed by atoms with E-state index in [0.717, 1.165) is 43.3 Å². The van der Waals surface area contributed by atoms with Crippen LogP contribution < -0.4 is 10.5 Å². The number of aromatic nitrogens is 3. The van der Waals surface area contributed by atoms with Gasteiger partial charge in [0, 0.05) is 32.4 Å². The number of piperazine rings is 1. The first kappa shape index (κ1) is 14.3. The van der Waals surface area contributed by atoms with Gasteiger partial charge in [-0.15, -0.1) is 11.3 Å². The van der Waals surface area contributed by atoms with Gasteiger partial charge in [0.05, 0.1) is 12.1 Å². The number of rotatable bonds is 3. The van der Waals surface area contributed by atoms with E-state index < -0.39 is 0 Å². The maximum absolute atomic E-state index is 12.0. The molecule has 0 aromatic carbocycles. The zero-order valence-corrected chi connectivity index (χ0v) is 13.4. The van der Waals surface area contributed by atoms with E-state index in [1.807, 2.05) is 35.8 Å². The highest BCUT2D eigenvalue weighted by Crippen LogP contribution is 2.16. The zero-order chi connectivity index (χ0) is 15.6. The minimum absolute atomic E-state index is 0.0351. The molecular formula is C16H17N5OS. The van der Waals surface area contributed by atoms with Crippen LogP contribution in [0.1, 0.15) is 5.82 Å². The number of anilines is 1. The summed E-state index contributed by atoms with van der Waals surface area (Å²) in [6.45, 7) is 4.41. The van der Waals surface area contributed by atoms with E-state index in [-0.39, 0.29) is 5.56 Å². The highest BCUT2D eigenvalue weighted by atomic mass is 32.1. The molecule has 1 aliphatic rings. The molecule has 1 fully saturated rings. The van der Waals surface area contributed by atoms with Crippen molar-refractivity contribution in [3.05, 3.63) is 52.0 Å². The van der Waals surface area contributed by atoms with E-state index in [9.17, 15) is 4.79 Å². The first-order valence-electron chi connectivity index (χ1n) is 7.64. The quantitative estimate of drug-likeness (QED) is 0.793. The Bertz CT molecular complexity index is 852. The summed E-state index contributed by atoms with van der Waals surface area (Å²) >= 11 is 1.43. The van der Waals surface area contributed by atoms with Crippen molar-refractivity contribution in [2.45, 2.75) is 6.54 Å². The third-order valence-corrected chi connectivity index (χ3v) is 4.99. The van der Waals surface area contributed by atoms with Crippen molar-refractivity contribution in [1.29, 1.82) is 0 Å². The first-order chi connectivity index (χ1) is 11.3. The van der Waals surface area contributed by atoms with Crippen LogP contribution in [0.4, 0.5) is 5.82 Å². The lowest BCUT2D eigenvalue weighted by molar-refractivity contribution is 0.243. The summed E-state index contributed by atoms with van der Waals surface area (Å²) < 4.78 is 0.703. The molecule has 0 atom stereocenters. The number of fused-ring (bicyclic) bond motifs is 1. The second-order valence-corrected chi connectivity index (χ2v) is 6.51. The molecule has 6 nitrogen and oxygen atoms in total. The lowest BCUT2D eigenvalue weighted by Gasteiger charge is -2.35.